The Morgan fingerprint density at radius 2 is 1.76 bits per heavy atom. The summed E-state index contributed by atoms with van der Waals surface area (Å²) in [5.74, 6) is 0.301. The summed E-state index contributed by atoms with van der Waals surface area (Å²) in [6, 6.07) is 18.3. The van der Waals surface area contributed by atoms with Crippen molar-refractivity contribution in [3.8, 4) is 0 Å². The highest BCUT2D eigenvalue weighted by Gasteiger charge is 2.50. The predicted octanol–water partition coefficient (Wildman–Crippen LogP) is 2.79. The van der Waals surface area contributed by atoms with Crippen LogP contribution in [0.3, 0.4) is 0 Å². The zero-order valence-electron chi connectivity index (χ0n) is 18.6. The van der Waals surface area contributed by atoms with Crippen molar-refractivity contribution in [3.05, 3.63) is 77.6 Å². The van der Waals surface area contributed by atoms with E-state index in [1.54, 1.807) is 31.2 Å². The zero-order valence-corrected chi connectivity index (χ0v) is 19.4. The molecule has 3 aromatic rings. The van der Waals surface area contributed by atoms with Gasteiger partial charge in [0.1, 0.15) is 11.4 Å². The number of urea groups is 1. The van der Waals surface area contributed by atoms with Crippen LogP contribution in [0, 0.1) is 0 Å². The normalized spacial score (nSPS) is 19.9. The summed E-state index contributed by atoms with van der Waals surface area (Å²) in [7, 11) is 0. The molecule has 174 valence electrons. The summed E-state index contributed by atoms with van der Waals surface area (Å²) in [6.07, 6.45) is 2.18. The molecule has 1 aliphatic heterocycles. The van der Waals surface area contributed by atoms with Crippen LogP contribution in [0.2, 0.25) is 0 Å². The lowest BCUT2D eigenvalue weighted by Gasteiger charge is -2.22. The van der Waals surface area contributed by atoms with Crippen molar-refractivity contribution in [2.75, 3.05) is 5.75 Å². The van der Waals surface area contributed by atoms with E-state index in [9.17, 15) is 14.4 Å². The second-order valence-electron chi connectivity index (χ2n) is 8.57. The molecular formula is C24H24N6O3S. The molecular weight excluding hydrogens is 452 g/mol. The number of nitrogens with zero attached hydrogens (tertiary/aromatic N) is 4. The minimum Gasteiger partial charge on any atom is -0.318 e. The van der Waals surface area contributed by atoms with Gasteiger partial charge in [-0.3, -0.25) is 15.0 Å². The van der Waals surface area contributed by atoms with E-state index in [0.29, 0.717) is 23.2 Å². The van der Waals surface area contributed by atoms with Crippen LogP contribution in [-0.2, 0) is 21.7 Å². The standard InChI is InChI=1S/C24H24N6O3S/c1-24(18-10-6-3-7-11-18)21(32)30(22(33)25-24)28-19(31)15-34-23-27-26-20(17-12-13-17)29(23)14-16-8-4-2-5-9-16/h2-11,17H,12-15H2,1H3,(H,25,33)(H,28,31)/t24-/m1/s1. The van der Waals surface area contributed by atoms with Crippen LogP contribution in [0.25, 0.3) is 0 Å². The second-order valence-corrected chi connectivity index (χ2v) is 9.51. The number of imide groups is 1. The highest BCUT2D eigenvalue weighted by atomic mass is 32.2. The van der Waals surface area contributed by atoms with Gasteiger partial charge in [-0.2, -0.15) is 5.01 Å². The molecule has 9 nitrogen and oxygen atoms in total. The molecule has 1 aliphatic carbocycles. The molecule has 1 saturated carbocycles. The topological polar surface area (TPSA) is 109 Å². The van der Waals surface area contributed by atoms with E-state index in [4.69, 9.17) is 0 Å². The third-order valence-electron chi connectivity index (χ3n) is 5.98. The first kappa shape index (κ1) is 22.1. The van der Waals surface area contributed by atoms with Gasteiger partial charge in [-0.15, -0.1) is 10.2 Å². The van der Waals surface area contributed by atoms with Gasteiger partial charge in [0.05, 0.1) is 12.3 Å². The van der Waals surface area contributed by atoms with Crippen LogP contribution in [-0.4, -0.2) is 43.4 Å². The number of carbonyl (C=O) groups is 3. The molecule has 2 fully saturated rings. The first-order valence-electron chi connectivity index (χ1n) is 11.1. The predicted molar refractivity (Wildman–Crippen MR) is 126 cm³/mol. The number of benzene rings is 2. The lowest BCUT2D eigenvalue weighted by atomic mass is 9.92. The Hall–Kier alpha value is -3.66. The Labute approximate surface area is 200 Å². The molecule has 1 atom stereocenters. The summed E-state index contributed by atoms with van der Waals surface area (Å²) in [4.78, 5) is 38.1. The van der Waals surface area contributed by atoms with Crippen LogP contribution in [0.1, 0.15) is 42.6 Å². The Morgan fingerprint density at radius 1 is 1.09 bits per heavy atom. The van der Waals surface area contributed by atoms with Gasteiger partial charge in [-0.1, -0.05) is 72.4 Å². The molecule has 34 heavy (non-hydrogen) atoms. The lowest BCUT2D eigenvalue weighted by Crippen LogP contribution is -2.48. The molecule has 10 heteroatoms. The van der Waals surface area contributed by atoms with Crippen LogP contribution in [0.5, 0.6) is 0 Å². The fraction of sp³-hybridized carbons (Fsp3) is 0.292. The maximum Gasteiger partial charge on any atom is 0.344 e. The highest BCUT2D eigenvalue weighted by molar-refractivity contribution is 7.99. The number of hydrogen-bond acceptors (Lipinski definition) is 6. The van der Waals surface area contributed by atoms with Gasteiger partial charge in [0.2, 0.25) is 5.91 Å². The van der Waals surface area contributed by atoms with Crippen molar-refractivity contribution in [2.24, 2.45) is 0 Å². The fourth-order valence-corrected chi connectivity index (χ4v) is 4.70. The maximum absolute atomic E-state index is 13.0. The van der Waals surface area contributed by atoms with Gasteiger partial charge in [-0.05, 0) is 30.9 Å². The quantitative estimate of drug-likeness (QED) is 0.382. The maximum atomic E-state index is 13.0. The molecule has 0 unspecified atom stereocenters. The second kappa shape index (κ2) is 8.94. The van der Waals surface area contributed by atoms with E-state index < -0.39 is 23.4 Å². The van der Waals surface area contributed by atoms with Gasteiger partial charge < -0.3 is 9.88 Å². The Kier molecular flexibility index (Phi) is 5.82. The largest absolute Gasteiger partial charge is 0.344 e. The van der Waals surface area contributed by atoms with Crippen LogP contribution in [0.15, 0.2) is 65.8 Å². The highest BCUT2D eigenvalue weighted by Crippen LogP contribution is 2.40. The van der Waals surface area contributed by atoms with Crippen LogP contribution in [0.4, 0.5) is 4.79 Å². The third kappa shape index (κ3) is 4.28. The van der Waals surface area contributed by atoms with E-state index in [0.717, 1.165) is 29.2 Å². The van der Waals surface area contributed by atoms with Crippen molar-refractivity contribution in [3.63, 3.8) is 0 Å². The molecule has 1 aromatic heterocycles. The molecule has 0 radical (unpaired) electrons. The van der Waals surface area contributed by atoms with E-state index in [-0.39, 0.29) is 5.75 Å². The van der Waals surface area contributed by atoms with Gasteiger partial charge >= 0.3 is 6.03 Å². The molecule has 2 heterocycles. The van der Waals surface area contributed by atoms with Gasteiger partial charge in [0.15, 0.2) is 5.16 Å². The number of thioether (sulfide) groups is 1. The monoisotopic (exact) mass is 476 g/mol. The smallest absolute Gasteiger partial charge is 0.318 e. The molecule has 1 saturated heterocycles. The molecule has 2 N–H and O–H groups in total. The molecule has 2 aliphatic rings. The summed E-state index contributed by atoms with van der Waals surface area (Å²) in [5, 5.41) is 12.7. The van der Waals surface area contributed by atoms with E-state index in [2.05, 4.69) is 20.9 Å². The number of aromatic nitrogens is 3. The number of rotatable bonds is 8. The average molecular weight is 477 g/mol. The number of hydrogen-bond donors (Lipinski definition) is 2. The summed E-state index contributed by atoms with van der Waals surface area (Å²) >= 11 is 1.23. The van der Waals surface area contributed by atoms with E-state index in [1.807, 2.05) is 41.0 Å². The summed E-state index contributed by atoms with van der Waals surface area (Å²) in [6.45, 7) is 2.24. The van der Waals surface area contributed by atoms with Crippen molar-refractivity contribution in [1.82, 2.24) is 30.5 Å². The van der Waals surface area contributed by atoms with Crippen molar-refractivity contribution >= 4 is 29.6 Å². The van der Waals surface area contributed by atoms with Gasteiger partial charge in [-0.25, -0.2) is 4.79 Å². The van der Waals surface area contributed by atoms with Gasteiger partial charge in [0.25, 0.3) is 5.91 Å². The number of nitrogens with one attached hydrogen (secondary N) is 2. The molecule has 4 amide bonds. The van der Waals surface area contributed by atoms with Crippen LogP contribution < -0.4 is 10.7 Å². The van der Waals surface area contributed by atoms with Crippen molar-refractivity contribution < 1.29 is 14.4 Å². The molecule has 2 aromatic carbocycles. The number of amides is 4. The first-order valence-corrected chi connectivity index (χ1v) is 12.1. The SMILES string of the molecule is C[C@]1(c2ccccc2)NC(=O)N(NC(=O)CSc2nnc(C3CC3)n2Cc2ccccc2)C1=O. The Bertz CT molecular complexity index is 1230. The van der Waals surface area contributed by atoms with Crippen molar-refractivity contribution in [2.45, 2.75) is 42.9 Å². The minimum atomic E-state index is -1.24. The fourth-order valence-electron chi connectivity index (χ4n) is 3.96. The zero-order chi connectivity index (χ0) is 23.7. The van der Waals surface area contributed by atoms with Crippen molar-refractivity contribution in [1.29, 1.82) is 0 Å². The minimum absolute atomic E-state index is 0.0172. The summed E-state index contributed by atoms with van der Waals surface area (Å²) < 4.78 is 2.05. The van der Waals surface area contributed by atoms with E-state index >= 15 is 0 Å². The number of hydrazine groups is 1. The molecule has 0 spiro atoms. The van der Waals surface area contributed by atoms with Gasteiger partial charge in [0, 0.05) is 5.92 Å². The number of carbonyl (C=O) groups excluding carboxylic acids is 3. The molecule has 5 rings (SSSR count). The lowest BCUT2D eigenvalue weighted by molar-refractivity contribution is -0.138. The summed E-state index contributed by atoms with van der Waals surface area (Å²) in [5.41, 5.74) is 2.96. The van der Waals surface area contributed by atoms with E-state index in [1.165, 1.54) is 11.8 Å². The Balaban J connectivity index is 1.26. The third-order valence-corrected chi connectivity index (χ3v) is 6.95. The average Bonchev–Trinajstić information content (AvgIpc) is 3.58. The Morgan fingerprint density at radius 3 is 2.44 bits per heavy atom. The molecule has 0 bridgehead atoms. The first-order chi connectivity index (χ1) is 16.5. The van der Waals surface area contributed by atoms with Crippen LogP contribution >= 0.6 is 11.8 Å².